The second-order valence-corrected chi connectivity index (χ2v) is 5.33. The average molecular weight is 192 g/mol. The van der Waals surface area contributed by atoms with Crippen LogP contribution in [0.2, 0.25) is 0 Å². The van der Waals surface area contributed by atoms with Gasteiger partial charge in [-0.1, -0.05) is 0 Å². The van der Waals surface area contributed by atoms with E-state index in [1.165, 1.54) is 25.7 Å². The first-order valence-corrected chi connectivity index (χ1v) is 5.74. The minimum Gasteiger partial charge on any atom is -0.303 e. The van der Waals surface area contributed by atoms with Crippen molar-refractivity contribution >= 4 is 0 Å². The minimum absolute atomic E-state index is 0.382. The van der Waals surface area contributed by atoms with E-state index in [9.17, 15) is 0 Å². The third-order valence-electron chi connectivity index (χ3n) is 4.00. The normalized spacial score (nSPS) is 25.9. The average Bonchev–Trinajstić information content (AvgIpc) is 2.96. The topological polar surface area (TPSA) is 27.0 Å². The lowest BCUT2D eigenvalue weighted by molar-refractivity contribution is 0.191. The van der Waals surface area contributed by atoms with Gasteiger partial charge in [-0.25, -0.2) is 0 Å². The Morgan fingerprint density at radius 3 is 2.57 bits per heavy atom. The molecule has 0 aliphatic heterocycles. The van der Waals surface area contributed by atoms with Crippen LogP contribution in [0.1, 0.15) is 39.0 Å². The predicted octanol–water partition coefficient (Wildman–Crippen LogP) is 2.41. The maximum Gasteiger partial charge on any atom is 0.0628 e. The molecule has 0 spiro atoms. The minimum atomic E-state index is 0.382. The van der Waals surface area contributed by atoms with Gasteiger partial charge < -0.3 is 4.90 Å². The summed E-state index contributed by atoms with van der Waals surface area (Å²) in [6.07, 6.45) is 6.12. The van der Waals surface area contributed by atoms with E-state index >= 15 is 0 Å². The van der Waals surface area contributed by atoms with Crippen LogP contribution in [0.3, 0.4) is 0 Å². The standard InChI is InChI=1S/C12H20N2/c1-10(11-3-4-11)14(2)9-12(5-6-12)7-8-13/h10-11H,3-7,9H2,1-2H3. The maximum atomic E-state index is 8.75. The molecule has 0 amide bonds. The van der Waals surface area contributed by atoms with Crippen molar-refractivity contribution in [3.05, 3.63) is 0 Å². The van der Waals surface area contributed by atoms with E-state index in [-0.39, 0.29) is 0 Å². The molecule has 2 saturated carbocycles. The number of hydrogen-bond acceptors (Lipinski definition) is 2. The largest absolute Gasteiger partial charge is 0.303 e. The van der Waals surface area contributed by atoms with E-state index in [0.29, 0.717) is 5.41 Å². The molecular weight excluding hydrogens is 172 g/mol. The molecule has 2 aliphatic rings. The first-order valence-electron chi connectivity index (χ1n) is 5.74. The van der Waals surface area contributed by atoms with Crippen molar-refractivity contribution < 1.29 is 0 Å². The summed E-state index contributed by atoms with van der Waals surface area (Å²) in [5.41, 5.74) is 0.382. The van der Waals surface area contributed by atoms with Crippen molar-refractivity contribution in [2.24, 2.45) is 11.3 Å². The van der Waals surface area contributed by atoms with Gasteiger partial charge in [-0.3, -0.25) is 0 Å². The number of nitriles is 1. The zero-order chi connectivity index (χ0) is 10.2. The smallest absolute Gasteiger partial charge is 0.0628 e. The van der Waals surface area contributed by atoms with Crippen molar-refractivity contribution in [1.82, 2.24) is 4.90 Å². The van der Waals surface area contributed by atoms with Crippen LogP contribution in [0.5, 0.6) is 0 Å². The summed E-state index contributed by atoms with van der Waals surface area (Å²) in [4.78, 5) is 2.47. The summed E-state index contributed by atoms with van der Waals surface area (Å²) < 4.78 is 0. The Bertz CT molecular complexity index is 246. The molecule has 2 aliphatic carbocycles. The van der Waals surface area contributed by atoms with Crippen LogP contribution in [0.15, 0.2) is 0 Å². The second kappa shape index (κ2) is 3.55. The Balaban J connectivity index is 1.81. The third kappa shape index (κ3) is 2.09. The van der Waals surface area contributed by atoms with Gasteiger partial charge in [-0.15, -0.1) is 0 Å². The Morgan fingerprint density at radius 1 is 1.50 bits per heavy atom. The predicted molar refractivity (Wildman–Crippen MR) is 56.7 cm³/mol. The molecule has 2 heteroatoms. The van der Waals surface area contributed by atoms with Gasteiger partial charge in [0.25, 0.3) is 0 Å². The van der Waals surface area contributed by atoms with Crippen LogP contribution in [0.25, 0.3) is 0 Å². The Kier molecular flexibility index (Phi) is 2.53. The van der Waals surface area contributed by atoms with Gasteiger partial charge in [0, 0.05) is 19.0 Å². The van der Waals surface area contributed by atoms with Gasteiger partial charge in [0.2, 0.25) is 0 Å². The summed E-state index contributed by atoms with van der Waals surface area (Å²) >= 11 is 0. The van der Waals surface area contributed by atoms with Gasteiger partial charge in [0.1, 0.15) is 0 Å². The van der Waals surface area contributed by atoms with Crippen molar-refractivity contribution in [2.45, 2.75) is 45.1 Å². The highest BCUT2D eigenvalue weighted by Gasteiger charge is 2.44. The zero-order valence-corrected chi connectivity index (χ0v) is 9.29. The van der Waals surface area contributed by atoms with E-state index < -0.39 is 0 Å². The van der Waals surface area contributed by atoms with Gasteiger partial charge in [0.15, 0.2) is 0 Å². The van der Waals surface area contributed by atoms with E-state index in [0.717, 1.165) is 24.9 Å². The molecule has 1 unspecified atom stereocenters. The summed E-state index contributed by atoms with van der Waals surface area (Å²) in [7, 11) is 2.22. The van der Waals surface area contributed by atoms with Crippen LogP contribution in [0, 0.1) is 22.7 Å². The second-order valence-electron chi connectivity index (χ2n) is 5.33. The molecule has 0 N–H and O–H groups in total. The van der Waals surface area contributed by atoms with Crippen molar-refractivity contribution in [3.8, 4) is 6.07 Å². The molecule has 78 valence electrons. The molecule has 0 saturated heterocycles. The molecule has 0 radical (unpaired) electrons. The Hall–Kier alpha value is -0.550. The Morgan fingerprint density at radius 2 is 2.14 bits per heavy atom. The van der Waals surface area contributed by atoms with E-state index in [4.69, 9.17) is 5.26 Å². The third-order valence-corrected chi connectivity index (χ3v) is 4.00. The lowest BCUT2D eigenvalue weighted by Gasteiger charge is -2.28. The van der Waals surface area contributed by atoms with Crippen molar-refractivity contribution in [3.63, 3.8) is 0 Å². The number of rotatable bonds is 5. The van der Waals surface area contributed by atoms with Crippen LogP contribution in [0.4, 0.5) is 0 Å². The van der Waals surface area contributed by atoms with Crippen molar-refractivity contribution in [2.75, 3.05) is 13.6 Å². The molecule has 0 heterocycles. The molecule has 0 aromatic heterocycles. The molecule has 14 heavy (non-hydrogen) atoms. The number of hydrogen-bond donors (Lipinski definition) is 0. The molecule has 0 bridgehead atoms. The van der Waals surface area contributed by atoms with Gasteiger partial charge in [-0.2, -0.15) is 5.26 Å². The Labute approximate surface area is 86.9 Å². The lowest BCUT2D eigenvalue weighted by atomic mass is 10.0. The van der Waals surface area contributed by atoms with Crippen LogP contribution in [-0.2, 0) is 0 Å². The van der Waals surface area contributed by atoms with E-state index in [1.54, 1.807) is 0 Å². The quantitative estimate of drug-likeness (QED) is 0.669. The first-order chi connectivity index (χ1) is 6.67. The lowest BCUT2D eigenvalue weighted by Crippen LogP contribution is -2.35. The van der Waals surface area contributed by atoms with Crippen LogP contribution in [-0.4, -0.2) is 24.5 Å². The van der Waals surface area contributed by atoms with Crippen molar-refractivity contribution in [1.29, 1.82) is 5.26 Å². The first kappa shape index (κ1) is 9.98. The van der Waals surface area contributed by atoms with E-state index in [2.05, 4.69) is 24.9 Å². The zero-order valence-electron chi connectivity index (χ0n) is 9.29. The number of nitrogens with zero attached hydrogens (tertiary/aromatic N) is 2. The molecule has 2 fully saturated rings. The highest BCUT2D eigenvalue weighted by Crippen LogP contribution is 2.49. The van der Waals surface area contributed by atoms with Gasteiger partial charge in [-0.05, 0) is 51.0 Å². The molecule has 2 nitrogen and oxygen atoms in total. The fourth-order valence-corrected chi connectivity index (χ4v) is 2.35. The van der Waals surface area contributed by atoms with Gasteiger partial charge >= 0.3 is 0 Å². The van der Waals surface area contributed by atoms with E-state index in [1.807, 2.05) is 0 Å². The molecule has 2 rings (SSSR count). The van der Waals surface area contributed by atoms with Crippen LogP contribution < -0.4 is 0 Å². The highest BCUT2D eigenvalue weighted by atomic mass is 15.1. The van der Waals surface area contributed by atoms with Crippen LogP contribution >= 0.6 is 0 Å². The van der Waals surface area contributed by atoms with Gasteiger partial charge in [0.05, 0.1) is 6.07 Å². The maximum absolute atomic E-state index is 8.75. The summed E-state index contributed by atoms with van der Waals surface area (Å²) in [5, 5.41) is 8.75. The summed E-state index contributed by atoms with van der Waals surface area (Å²) in [5.74, 6) is 0.942. The fourth-order valence-electron chi connectivity index (χ4n) is 2.35. The monoisotopic (exact) mass is 192 g/mol. The molecular formula is C12H20N2. The summed E-state index contributed by atoms with van der Waals surface area (Å²) in [6.45, 7) is 3.47. The highest BCUT2D eigenvalue weighted by molar-refractivity contribution is 5.01. The molecule has 1 atom stereocenters. The molecule has 0 aromatic carbocycles. The fraction of sp³-hybridized carbons (Fsp3) is 0.917. The summed E-state index contributed by atoms with van der Waals surface area (Å²) in [6, 6.07) is 3.06. The SMILES string of the molecule is CC(C1CC1)N(C)CC1(CC#N)CC1. The molecule has 0 aromatic rings.